The van der Waals surface area contributed by atoms with E-state index in [9.17, 15) is 14.4 Å². The Morgan fingerprint density at radius 2 is 1.40 bits per heavy atom. The Labute approximate surface area is 88.7 Å². The van der Waals surface area contributed by atoms with E-state index in [-0.39, 0.29) is 50.2 Å². The van der Waals surface area contributed by atoms with Gasteiger partial charge in [0.25, 0.3) is 0 Å². The van der Waals surface area contributed by atoms with E-state index in [1.54, 1.807) is 0 Å². The Bertz CT molecular complexity index is 234. The van der Waals surface area contributed by atoms with Gasteiger partial charge in [-0.2, -0.15) is 0 Å². The maximum atomic E-state index is 11.1. The average Bonchev–Trinajstić information content (AvgIpc) is 2.11. The first-order valence-electron chi connectivity index (χ1n) is 4.68. The third kappa shape index (κ3) is 10.9. The highest BCUT2D eigenvalue weighted by atomic mass is 16.5. The third-order valence-corrected chi connectivity index (χ3v) is 1.40. The maximum Gasteiger partial charge on any atom is 0.160 e. The van der Waals surface area contributed by atoms with Gasteiger partial charge >= 0.3 is 0 Å². The predicted octanol–water partition coefficient (Wildman–Crippen LogP) is 0.157. The molecule has 0 spiro atoms. The fraction of sp³-hybridized carbons (Fsp3) is 0.700. The summed E-state index contributed by atoms with van der Waals surface area (Å²) in [4.78, 5) is 32.0. The van der Waals surface area contributed by atoms with Gasteiger partial charge in [0.05, 0.1) is 6.61 Å². The summed E-state index contributed by atoms with van der Waals surface area (Å²) in [6.07, 6.45) is 0.200. The Hall–Kier alpha value is -1.07. The van der Waals surface area contributed by atoms with Gasteiger partial charge in [-0.25, -0.2) is 0 Å². The first-order chi connectivity index (χ1) is 7.02. The fourth-order valence-corrected chi connectivity index (χ4v) is 0.783. The van der Waals surface area contributed by atoms with E-state index in [1.165, 1.54) is 13.8 Å². The molecule has 0 aliphatic rings. The second-order valence-corrected chi connectivity index (χ2v) is 3.24. The monoisotopic (exact) mass is 216 g/mol. The molecule has 0 unspecified atom stereocenters. The van der Waals surface area contributed by atoms with Crippen LogP contribution >= 0.6 is 0 Å². The molecule has 0 fully saturated rings. The van der Waals surface area contributed by atoms with Crippen LogP contribution in [0.15, 0.2) is 0 Å². The zero-order valence-electron chi connectivity index (χ0n) is 9.08. The molecule has 86 valence electrons. The van der Waals surface area contributed by atoms with Crippen molar-refractivity contribution >= 4 is 17.3 Å². The van der Waals surface area contributed by atoms with Crippen LogP contribution in [0.25, 0.3) is 0 Å². The van der Waals surface area contributed by atoms with E-state index >= 15 is 0 Å². The van der Waals surface area contributed by atoms with Crippen molar-refractivity contribution in [3.63, 3.8) is 0 Å². The molecule has 0 radical (unpaired) electrons. The second-order valence-electron chi connectivity index (χ2n) is 3.24. The summed E-state index contributed by atoms with van der Waals surface area (Å²) in [6.45, 7) is 2.92. The zero-order valence-corrected chi connectivity index (χ0v) is 9.08. The number of rotatable bonds is 9. The van der Waals surface area contributed by atoms with Gasteiger partial charge in [0, 0.05) is 6.42 Å². The number of ether oxygens (including phenoxy) is 2. The van der Waals surface area contributed by atoms with Crippen molar-refractivity contribution in [2.75, 3.05) is 26.4 Å². The van der Waals surface area contributed by atoms with E-state index in [4.69, 9.17) is 9.47 Å². The Morgan fingerprint density at radius 3 is 1.93 bits per heavy atom. The number of hydrogen-bond acceptors (Lipinski definition) is 5. The minimum Gasteiger partial charge on any atom is -0.373 e. The Morgan fingerprint density at radius 1 is 0.867 bits per heavy atom. The smallest absolute Gasteiger partial charge is 0.160 e. The van der Waals surface area contributed by atoms with Crippen molar-refractivity contribution in [3.05, 3.63) is 0 Å². The first kappa shape index (κ1) is 13.9. The van der Waals surface area contributed by atoms with Gasteiger partial charge in [0.2, 0.25) is 0 Å². The third-order valence-electron chi connectivity index (χ3n) is 1.40. The predicted molar refractivity (Wildman–Crippen MR) is 52.6 cm³/mol. The molecule has 0 aromatic heterocycles. The number of Topliss-reactive ketones (excluding diaryl/α,β-unsaturated/α-hetero) is 3. The fourth-order valence-electron chi connectivity index (χ4n) is 0.783. The normalized spacial score (nSPS) is 10.0. The van der Waals surface area contributed by atoms with Crippen LogP contribution in [0.2, 0.25) is 0 Å². The van der Waals surface area contributed by atoms with Crippen LogP contribution in [0.5, 0.6) is 0 Å². The van der Waals surface area contributed by atoms with Gasteiger partial charge in [-0.1, -0.05) is 0 Å². The minimum atomic E-state index is -0.139. The lowest BCUT2D eigenvalue weighted by atomic mass is 10.3. The van der Waals surface area contributed by atoms with Crippen molar-refractivity contribution in [1.82, 2.24) is 0 Å². The van der Waals surface area contributed by atoms with Crippen LogP contribution in [0.4, 0.5) is 0 Å². The first-order valence-corrected chi connectivity index (χ1v) is 4.68. The molecule has 0 saturated carbocycles. The minimum absolute atomic E-state index is 0.0293. The lowest BCUT2D eigenvalue weighted by Gasteiger charge is -2.02. The SMILES string of the molecule is CC(=O)COCCC(=O)COCC(C)=O. The molecular weight excluding hydrogens is 200 g/mol. The topological polar surface area (TPSA) is 69.7 Å². The van der Waals surface area contributed by atoms with Crippen LogP contribution in [0.1, 0.15) is 20.3 Å². The van der Waals surface area contributed by atoms with Gasteiger partial charge < -0.3 is 9.47 Å². The molecular formula is C10H16O5. The molecule has 0 heterocycles. The van der Waals surface area contributed by atoms with Crippen molar-refractivity contribution in [1.29, 1.82) is 0 Å². The molecule has 0 rings (SSSR count). The highest BCUT2D eigenvalue weighted by Crippen LogP contribution is 1.88. The molecule has 0 N–H and O–H groups in total. The number of hydrogen-bond donors (Lipinski definition) is 0. The van der Waals surface area contributed by atoms with Crippen LogP contribution in [0, 0.1) is 0 Å². The molecule has 15 heavy (non-hydrogen) atoms. The molecule has 0 bridgehead atoms. The van der Waals surface area contributed by atoms with Gasteiger partial charge in [-0.05, 0) is 13.8 Å². The van der Waals surface area contributed by atoms with Crippen LogP contribution in [0.3, 0.4) is 0 Å². The van der Waals surface area contributed by atoms with Gasteiger partial charge in [-0.3, -0.25) is 14.4 Å². The molecule has 0 aliphatic carbocycles. The summed E-state index contributed by atoms with van der Waals surface area (Å²) in [7, 11) is 0. The molecule has 5 heteroatoms. The largest absolute Gasteiger partial charge is 0.373 e. The van der Waals surface area contributed by atoms with Gasteiger partial charge in [-0.15, -0.1) is 0 Å². The second kappa shape index (κ2) is 8.26. The van der Waals surface area contributed by atoms with Crippen LogP contribution in [-0.4, -0.2) is 43.8 Å². The van der Waals surface area contributed by atoms with Crippen molar-refractivity contribution < 1.29 is 23.9 Å². The molecule has 0 aromatic rings. The van der Waals surface area contributed by atoms with E-state index in [1.807, 2.05) is 0 Å². The highest BCUT2D eigenvalue weighted by molar-refractivity contribution is 5.81. The van der Waals surface area contributed by atoms with Gasteiger partial charge in [0.1, 0.15) is 19.8 Å². The summed E-state index contributed by atoms with van der Waals surface area (Å²) in [5, 5.41) is 0. The van der Waals surface area contributed by atoms with E-state index < -0.39 is 0 Å². The summed E-state index contributed by atoms with van der Waals surface area (Å²) in [5.74, 6) is -0.328. The van der Waals surface area contributed by atoms with E-state index in [0.717, 1.165) is 0 Å². The van der Waals surface area contributed by atoms with E-state index in [0.29, 0.717) is 0 Å². The lowest BCUT2D eigenvalue weighted by molar-refractivity contribution is -0.129. The summed E-state index contributed by atoms with van der Waals surface area (Å²) >= 11 is 0. The Kier molecular flexibility index (Phi) is 7.67. The maximum absolute atomic E-state index is 11.1. The Balaban J connectivity index is 3.33. The van der Waals surface area contributed by atoms with Gasteiger partial charge in [0.15, 0.2) is 17.3 Å². The molecule has 5 nitrogen and oxygen atoms in total. The van der Waals surface area contributed by atoms with Crippen molar-refractivity contribution in [3.8, 4) is 0 Å². The summed E-state index contributed by atoms with van der Waals surface area (Å²) in [6, 6.07) is 0. The molecule has 0 aromatic carbocycles. The quantitative estimate of drug-likeness (QED) is 0.513. The van der Waals surface area contributed by atoms with Crippen LogP contribution < -0.4 is 0 Å². The van der Waals surface area contributed by atoms with Crippen LogP contribution in [-0.2, 0) is 23.9 Å². The summed E-state index contributed by atoms with van der Waals surface area (Å²) < 4.78 is 9.71. The lowest BCUT2D eigenvalue weighted by Crippen LogP contribution is -2.15. The number of carbonyl (C=O) groups excluding carboxylic acids is 3. The highest BCUT2D eigenvalue weighted by Gasteiger charge is 2.03. The van der Waals surface area contributed by atoms with E-state index in [2.05, 4.69) is 0 Å². The number of ketones is 3. The van der Waals surface area contributed by atoms with Crippen molar-refractivity contribution in [2.45, 2.75) is 20.3 Å². The average molecular weight is 216 g/mol. The molecule has 0 saturated heterocycles. The summed E-state index contributed by atoms with van der Waals surface area (Å²) in [5.41, 5.74) is 0. The molecule has 0 atom stereocenters. The molecule has 0 amide bonds. The standard InChI is InChI=1S/C10H16O5/c1-8(11)5-14-4-3-10(13)7-15-6-9(2)12/h3-7H2,1-2H3. The molecule has 0 aliphatic heterocycles. The zero-order chi connectivity index (χ0) is 11.7. The van der Waals surface area contributed by atoms with Crippen molar-refractivity contribution in [2.24, 2.45) is 0 Å². The number of carbonyl (C=O) groups is 3.